The Morgan fingerprint density at radius 1 is 0.882 bits per heavy atom. The molecule has 182 valence electrons. The second-order valence-electron chi connectivity index (χ2n) is 8.47. The van der Waals surface area contributed by atoms with Crippen LogP contribution in [0.3, 0.4) is 0 Å². The highest BCUT2D eigenvalue weighted by Crippen LogP contribution is 2.22. The van der Waals surface area contributed by atoms with Gasteiger partial charge in [-0.1, -0.05) is 24.3 Å². The number of esters is 1. The highest BCUT2D eigenvalue weighted by atomic mass is 32.2. The molecule has 0 spiro atoms. The molecule has 0 bridgehead atoms. The van der Waals surface area contributed by atoms with Gasteiger partial charge in [0.05, 0.1) is 17.7 Å². The third kappa shape index (κ3) is 7.32. The van der Waals surface area contributed by atoms with Crippen LogP contribution in [0.4, 0.5) is 0 Å². The minimum Gasteiger partial charge on any atom is -0.478 e. The van der Waals surface area contributed by atoms with E-state index in [0.717, 1.165) is 0 Å². The predicted octanol–water partition coefficient (Wildman–Crippen LogP) is 3.53. The molecule has 1 aliphatic rings. The molecule has 1 heterocycles. The normalized spacial score (nSPS) is 16.6. The van der Waals surface area contributed by atoms with Gasteiger partial charge in [-0.3, -0.25) is 13.8 Å². The van der Waals surface area contributed by atoms with Crippen LogP contribution in [0.1, 0.15) is 75.5 Å². The first kappa shape index (κ1) is 26.9. The highest BCUT2D eigenvalue weighted by molar-refractivity contribution is 7.88. The summed E-state index contributed by atoms with van der Waals surface area (Å²) in [5.74, 6) is -2.06. The maximum absolute atomic E-state index is 12.2. The molecule has 0 aliphatic carbocycles. The fraction of sp³-hybridized carbons (Fsp3) is 0.333. The van der Waals surface area contributed by atoms with E-state index in [-0.39, 0.29) is 29.9 Å². The van der Waals surface area contributed by atoms with Crippen LogP contribution in [0.2, 0.25) is 0 Å². The Morgan fingerprint density at radius 3 is 1.76 bits per heavy atom. The Balaban J connectivity index is 0.000000287. The topological polar surface area (TPSA) is 141 Å². The molecule has 0 aromatic heterocycles. The molecule has 1 aliphatic heterocycles. The van der Waals surface area contributed by atoms with E-state index in [4.69, 9.17) is 9.84 Å². The average molecular weight is 491 g/mol. The second-order valence-corrected chi connectivity index (χ2v) is 10.3. The number of benzene rings is 2. The molecule has 0 radical (unpaired) electrons. The van der Waals surface area contributed by atoms with Crippen molar-refractivity contribution in [1.29, 1.82) is 0 Å². The van der Waals surface area contributed by atoms with Crippen LogP contribution in [0.25, 0.3) is 0 Å². The summed E-state index contributed by atoms with van der Waals surface area (Å²) >= 11 is 0. The van der Waals surface area contributed by atoms with E-state index in [1.165, 1.54) is 55.5 Å². The van der Waals surface area contributed by atoms with Gasteiger partial charge in [0.15, 0.2) is 16.8 Å². The van der Waals surface area contributed by atoms with Crippen LogP contribution < -0.4 is 0 Å². The van der Waals surface area contributed by atoms with Gasteiger partial charge in [0, 0.05) is 11.1 Å². The number of ketones is 2. The molecular formula is C24H26O9S. The molecule has 9 nitrogen and oxygen atoms in total. The number of carboxylic acid groups (broad SMARTS) is 1. The number of ether oxygens (including phenoxy) is 1. The summed E-state index contributed by atoms with van der Waals surface area (Å²) in [6.45, 7) is 6.74. The first-order valence-electron chi connectivity index (χ1n) is 10.3. The molecule has 34 heavy (non-hydrogen) atoms. The van der Waals surface area contributed by atoms with Crippen molar-refractivity contribution < 1.29 is 41.6 Å². The summed E-state index contributed by atoms with van der Waals surface area (Å²) in [5.41, 5.74) is 0.643. The molecular weight excluding hydrogens is 464 g/mol. The Labute approximate surface area is 197 Å². The predicted molar refractivity (Wildman–Crippen MR) is 123 cm³/mol. The number of aromatic carboxylic acids is 1. The van der Waals surface area contributed by atoms with Gasteiger partial charge in [0.2, 0.25) is 0 Å². The van der Waals surface area contributed by atoms with Crippen LogP contribution in [0.15, 0.2) is 48.5 Å². The fourth-order valence-electron chi connectivity index (χ4n) is 2.90. The lowest BCUT2D eigenvalue weighted by molar-refractivity contribution is 0.00689. The number of Topliss-reactive ketones (excluding diaryl/α,β-unsaturated/α-hetero) is 2. The van der Waals surface area contributed by atoms with Gasteiger partial charge in [-0.2, -0.15) is 8.42 Å². The van der Waals surface area contributed by atoms with Crippen molar-refractivity contribution in [2.75, 3.05) is 6.61 Å². The molecule has 2 aromatic carbocycles. The van der Waals surface area contributed by atoms with Crippen LogP contribution >= 0.6 is 0 Å². The quantitative estimate of drug-likeness (QED) is 0.378. The van der Waals surface area contributed by atoms with Crippen molar-refractivity contribution in [3.63, 3.8) is 0 Å². The molecule has 2 aromatic rings. The van der Waals surface area contributed by atoms with E-state index in [9.17, 15) is 27.6 Å². The van der Waals surface area contributed by atoms with E-state index in [2.05, 4.69) is 4.18 Å². The smallest absolute Gasteiger partial charge is 0.338 e. The molecule has 3 rings (SSSR count). The van der Waals surface area contributed by atoms with Gasteiger partial charge in [0.25, 0.3) is 10.1 Å². The van der Waals surface area contributed by atoms with E-state index >= 15 is 0 Å². The largest absolute Gasteiger partial charge is 0.478 e. The number of carbonyl (C=O) groups is 4. The summed E-state index contributed by atoms with van der Waals surface area (Å²) in [5, 5.41) is 7.36. The Kier molecular flexibility index (Phi) is 8.46. The third-order valence-corrected chi connectivity index (χ3v) is 6.25. The lowest BCUT2D eigenvalue weighted by atomic mass is 10.0. The summed E-state index contributed by atoms with van der Waals surface area (Å²) in [7, 11) is -3.83. The van der Waals surface area contributed by atoms with E-state index in [0.29, 0.717) is 11.1 Å². The standard InChI is InChI=1S/C15H18O6S.C9H8O3/c1-15(2,3)21-14(17)11-6-4-10(5-7-11)13(16)12-8-9-20-22(12,18)19;1-6(10)7-2-4-8(5-3-7)9(11)12/h4-7,12H,8-9H2,1-3H3;2-5H,1H3,(H,11,12). The van der Waals surface area contributed by atoms with Crippen molar-refractivity contribution in [3.8, 4) is 0 Å². The van der Waals surface area contributed by atoms with Crippen molar-refractivity contribution in [3.05, 3.63) is 70.8 Å². The fourth-order valence-corrected chi connectivity index (χ4v) is 4.18. The first-order chi connectivity index (χ1) is 15.7. The van der Waals surface area contributed by atoms with E-state index in [1.807, 2.05) is 0 Å². The van der Waals surface area contributed by atoms with Crippen molar-refractivity contribution in [1.82, 2.24) is 0 Å². The van der Waals surface area contributed by atoms with Gasteiger partial charge in [-0.05, 0) is 58.4 Å². The zero-order valence-corrected chi connectivity index (χ0v) is 20.0. The number of carboxylic acids is 1. The van der Waals surface area contributed by atoms with Crippen LogP contribution in [0.5, 0.6) is 0 Å². The highest BCUT2D eigenvalue weighted by Gasteiger charge is 2.39. The Bertz CT molecular complexity index is 1140. The Hall–Kier alpha value is -3.37. The summed E-state index contributed by atoms with van der Waals surface area (Å²) in [4.78, 5) is 45.3. The molecule has 1 fully saturated rings. The van der Waals surface area contributed by atoms with E-state index < -0.39 is 38.7 Å². The third-order valence-electron chi connectivity index (χ3n) is 4.61. The number of hydrogen-bond acceptors (Lipinski definition) is 8. The SMILES string of the molecule is CC(=O)c1ccc(C(=O)O)cc1.CC(C)(C)OC(=O)c1ccc(C(=O)C2CCOS2(=O)=O)cc1. The van der Waals surface area contributed by atoms with Crippen LogP contribution in [-0.2, 0) is 19.0 Å². The maximum Gasteiger partial charge on any atom is 0.338 e. The monoisotopic (exact) mass is 490 g/mol. The Morgan fingerprint density at radius 2 is 1.35 bits per heavy atom. The number of rotatable bonds is 5. The number of hydrogen-bond donors (Lipinski definition) is 1. The van der Waals surface area contributed by atoms with Crippen molar-refractivity contribution in [2.45, 2.75) is 45.0 Å². The zero-order valence-electron chi connectivity index (χ0n) is 19.2. The lowest BCUT2D eigenvalue weighted by Crippen LogP contribution is -2.26. The summed E-state index contributed by atoms with van der Waals surface area (Å²) in [6, 6.07) is 11.6. The van der Waals surface area contributed by atoms with Gasteiger partial charge >= 0.3 is 11.9 Å². The zero-order chi connectivity index (χ0) is 25.7. The van der Waals surface area contributed by atoms with Gasteiger partial charge in [-0.15, -0.1) is 0 Å². The summed E-state index contributed by atoms with van der Waals surface area (Å²) < 4.78 is 33.0. The van der Waals surface area contributed by atoms with Crippen molar-refractivity contribution >= 4 is 33.6 Å². The molecule has 0 amide bonds. The lowest BCUT2D eigenvalue weighted by Gasteiger charge is -2.19. The minimum absolute atomic E-state index is 0.0226. The maximum atomic E-state index is 12.2. The van der Waals surface area contributed by atoms with E-state index in [1.54, 1.807) is 20.8 Å². The van der Waals surface area contributed by atoms with Gasteiger partial charge in [-0.25, -0.2) is 9.59 Å². The molecule has 1 atom stereocenters. The molecule has 1 N–H and O–H groups in total. The van der Waals surface area contributed by atoms with Crippen LogP contribution in [0, 0.1) is 0 Å². The summed E-state index contributed by atoms with van der Waals surface area (Å²) in [6.07, 6.45) is 0.148. The molecule has 0 saturated carbocycles. The van der Waals surface area contributed by atoms with Crippen molar-refractivity contribution in [2.24, 2.45) is 0 Å². The first-order valence-corrected chi connectivity index (χ1v) is 11.8. The van der Waals surface area contributed by atoms with Crippen LogP contribution in [-0.4, -0.2) is 54.5 Å². The van der Waals surface area contributed by atoms with Gasteiger partial charge < -0.3 is 9.84 Å². The van der Waals surface area contributed by atoms with Gasteiger partial charge in [0.1, 0.15) is 5.60 Å². The second kappa shape index (κ2) is 10.7. The molecule has 10 heteroatoms. The molecule has 1 saturated heterocycles. The molecule has 1 unspecified atom stereocenters. The average Bonchev–Trinajstić information content (AvgIpc) is 3.11. The minimum atomic E-state index is -3.83. The number of carbonyl (C=O) groups excluding carboxylic acids is 3.